The standard InChI is InChI=1S/C11H6ClN7S/c12-6-5-14-15-8(6)10-18-19-9(16-17-11(19)20-10)7-3-1-2-4-13-7/h1-5H,(H,14,15). The Morgan fingerprint density at radius 3 is 2.95 bits per heavy atom. The molecule has 0 atom stereocenters. The van der Waals surface area contributed by atoms with E-state index < -0.39 is 0 Å². The zero-order chi connectivity index (χ0) is 13.5. The van der Waals surface area contributed by atoms with Crippen LogP contribution in [0.15, 0.2) is 30.6 Å². The molecule has 1 N–H and O–H groups in total. The second-order valence-electron chi connectivity index (χ2n) is 3.93. The zero-order valence-corrected chi connectivity index (χ0v) is 11.4. The maximum Gasteiger partial charge on any atom is 0.235 e. The molecule has 4 heterocycles. The third-order valence-corrected chi connectivity index (χ3v) is 3.89. The number of aromatic amines is 1. The topological polar surface area (TPSA) is 84.7 Å². The highest BCUT2D eigenvalue weighted by Gasteiger charge is 2.17. The average Bonchev–Trinajstić information content (AvgIpc) is 3.13. The van der Waals surface area contributed by atoms with E-state index in [1.54, 1.807) is 16.9 Å². The van der Waals surface area contributed by atoms with Gasteiger partial charge in [0, 0.05) is 6.20 Å². The fourth-order valence-corrected chi connectivity index (χ4v) is 2.88. The van der Waals surface area contributed by atoms with Gasteiger partial charge in [-0.3, -0.25) is 10.1 Å². The van der Waals surface area contributed by atoms with Gasteiger partial charge in [-0.15, -0.1) is 10.2 Å². The van der Waals surface area contributed by atoms with Gasteiger partial charge in [-0.2, -0.15) is 14.7 Å². The molecule has 7 nitrogen and oxygen atoms in total. The minimum Gasteiger partial charge on any atom is -0.274 e. The Morgan fingerprint density at radius 1 is 1.25 bits per heavy atom. The summed E-state index contributed by atoms with van der Waals surface area (Å²) in [5.74, 6) is 0.596. The summed E-state index contributed by atoms with van der Waals surface area (Å²) in [4.78, 5) is 4.93. The molecule has 0 aliphatic rings. The molecule has 0 amide bonds. The number of hydrogen-bond donors (Lipinski definition) is 1. The van der Waals surface area contributed by atoms with Crippen molar-refractivity contribution in [2.45, 2.75) is 0 Å². The first-order valence-corrected chi connectivity index (χ1v) is 6.85. The van der Waals surface area contributed by atoms with Crippen molar-refractivity contribution in [3.63, 3.8) is 0 Å². The molecule has 0 aliphatic carbocycles. The van der Waals surface area contributed by atoms with E-state index in [1.807, 2.05) is 18.2 Å². The Balaban J connectivity index is 1.90. The molecule has 9 heteroatoms. The predicted molar refractivity (Wildman–Crippen MR) is 74.5 cm³/mol. The molecule has 0 aromatic carbocycles. The maximum atomic E-state index is 6.04. The smallest absolute Gasteiger partial charge is 0.235 e. The molecule has 0 spiro atoms. The van der Waals surface area contributed by atoms with Gasteiger partial charge in [0.15, 0.2) is 5.01 Å². The van der Waals surface area contributed by atoms with Crippen molar-refractivity contribution in [2.24, 2.45) is 0 Å². The van der Waals surface area contributed by atoms with Crippen LogP contribution in [0.4, 0.5) is 0 Å². The maximum absolute atomic E-state index is 6.04. The summed E-state index contributed by atoms with van der Waals surface area (Å²) in [7, 11) is 0. The molecular weight excluding hydrogens is 298 g/mol. The number of nitrogens with zero attached hydrogens (tertiary/aromatic N) is 6. The quantitative estimate of drug-likeness (QED) is 0.614. The number of nitrogens with one attached hydrogen (secondary N) is 1. The van der Waals surface area contributed by atoms with Gasteiger partial charge in [-0.05, 0) is 12.1 Å². The third kappa shape index (κ3) is 1.69. The molecular formula is C11H6ClN7S. The first kappa shape index (κ1) is 11.5. The summed E-state index contributed by atoms with van der Waals surface area (Å²) < 4.78 is 1.65. The Labute approximate surface area is 121 Å². The van der Waals surface area contributed by atoms with Crippen LogP contribution in [0.1, 0.15) is 0 Å². The van der Waals surface area contributed by atoms with Crippen molar-refractivity contribution in [3.8, 4) is 22.2 Å². The lowest BCUT2D eigenvalue weighted by molar-refractivity contribution is 0.955. The first-order chi connectivity index (χ1) is 9.83. The minimum absolute atomic E-state index is 0.523. The number of aromatic nitrogens is 7. The van der Waals surface area contributed by atoms with Gasteiger partial charge in [0.1, 0.15) is 11.4 Å². The number of rotatable bonds is 2. The van der Waals surface area contributed by atoms with E-state index in [0.717, 1.165) is 0 Å². The molecule has 0 aliphatic heterocycles. The van der Waals surface area contributed by atoms with Crippen LogP contribution < -0.4 is 0 Å². The zero-order valence-electron chi connectivity index (χ0n) is 9.86. The van der Waals surface area contributed by atoms with E-state index in [-0.39, 0.29) is 0 Å². The molecule has 4 rings (SSSR count). The summed E-state index contributed by atoms with van der Waals surface area (Å²) in [6.07, 6.45) is 3.24. The lowest BCUT2D eigenvalue weighted by Crippen LogP contribution is -1.92. The summed E-state index contributed by atoms with van der Waals surface area (Å²) in [5, 5.41) is 20.6. The van der Waals surface area contributed by atoms with Crippen LogP contribution in [0.3, 0.4) is 0 Å². The molecule has 0 saturated carbocycles. The average molecular weight is 304 g/mol. The molecule has 98 valence electrons. The van der Waals surface area contributed by atoms with Crippen molar-refractivity contribution >= 4 is 27.9 Å². The van der Waals surface area contributed by atoms with Crippen molar-refractivity contribution in [3.05, 3.63) is 35.6 Å². The van der Waals surface area contributed by atoms with Crippen LogP contribution in [0.2, 0.25) is 5.02 Å². The molecule has 0 fully saturated rings. The molecule has 0 saturated heterocycles. The van der Waals surface area contributed by atoms with Crippen LogP contribution in [0.25, 0.3) is 27.2 Å². The van der Waals surface area contributed by atoms with Crippen LogP contribution in [0, 0.1) is 0 Å². The van der Waals surface area contributed by atoms with Crippen molar-refractivity contribution in [1.29, 1.82) is 0 Å². The van der Waals surface area contributed by atoms with Gasteiger partial charge in [0.25, 0.3) is 0 Å². The molecule has 0 radical (unpaired) electrons. The Morgan fingerprint density at radius 2 is 2.20 bits per heavy atom. The van der Waals surface area contributed by atoms with Gasteiger partial charge in [0.2, 0.25) is 10.8 Å². The van der Waals surface area contributed by atoms with Crippen molar-refractivity contribution in [2.75, 3.05) is 0 Å². The first-order valence-electron chi connectivity index (χ1n) is 5.66. The fraction of sp³-hybridized carbons (Fsp3) is 0. The molecule has 0 unspecified atom stereocenters. The van der Waals surface area contributed by atoms with E-state index in [9.17, 15) is 0 Å². The van der Waals surface area contributed by atoms with Crippen LogP contribution in [0.5, 0.6) is 0 Å². The molecule has 4 aromatic rings. The normalized spacial score (nSPS) is 11.2. The van der Waals surface area contributed by atoms with Gasteiger partial charge >= 0.3 is 0 Å². The van der Waals surface area contributed by atoms with Crippen LogP contribution in [-0.4, -0.2) is 35.0 Å². The summed E-state index contributed by atoms with van der Waals surface area (Å²) in [5.41, 5.74) is 1.39. The van der Waals surface area contributed by atoms with E-state index in [0.29, 0.717) is 32.2 Å². The van der Waals surface area contributed by atoms with Gasteiger partial charge in [-0.25, -0.2) is 0 Å². The molecule has 20 heavy (non-hydrogen) atoms. The number of hydrogen-bond acceptors (Lipinski definition) is 6. The highest BCUT2D eigenvalue weighted by molar-refractivity contribution is 7.19. The lowest BCUT2D eigenvalue weighted by Gasteiger charge is -1.94. The van der Waals surface area contributed by atoms with Gasteiger partial charge < -0.3 is 0 Å². The van der Waals surface area contributed by atoms with Gasteiger partial charge in [0.05, 0.1) is 11.2 Å². The van der Waals surface area contributed by atoms with Crippen LogP contribution >= 0.6 is 22.9 Å². The third-order valence-electron chi connectivity index (χ3n) is 2.69. The van der Waals surface area contributed by atoms with Crippen LogP contribution in [-0.2, 0) is 0 Å². The highest BCUT2D eigenvalue weighted by atomic mass is 35.5. The molecule has 0 bridgehead atoms. The second kappa shape index (κ2) is 4.36. The number of pyridine rings is 1. The SMILES string of the molecule is Clc1cn[nH]c1-c1nn2c(-c3ccccn3)nnc2s1. The number of halogens is 1. The van der Waals surface area contributed by atoms with E-state index in [1.165, 1.54) is 11.3 Å². The summed E-state index contributed by atoms with van der Waals surface area (Å²) in [6, 6.07) is 5.60. The van der Waals surface area contributed by atoms with E-state index >= 15 is 0 Å². The van der Waals surface area contributed by atoms with E-state index in [2.05, 4.69) is 30.5 Å². The van der Waals surface area contributed by atoms with Crippen molar-refractivity contribution in [1.82, 2.24) is 35.0 Å². The largest absolute Gasteiger partial charge is 0.274 e. The number of H-pyrrole nitrogens is 1. The van der Waals surface area contributed by atoms with Gasteiger partial charge in [-0.1, -0.05) is 29.0 Å². The predicted octanol–water partition coefficient (Wildman–Crippen LogP) is 2.29. The minimum atomic E-state index is 0.523. The Kier molecular flexibility index (Phi) is 2.51. The highest BCUT2D eigenvalue weighted by Crippen LogP contribution is 2.30. The number of fused-ring (bicyclic) bond motifs is 1. The van der Waals surface area contributed by atoms with Crippen molar-refractivity contribution < 1.29 is 0 Å². The fourth-order valence-electron chi connectivity index (χ4n) is 1.79. The molecule has 4 aromatic heterocycles. The summed E-state index contributed by atoms with van der Waals surface area (Å²) in [6.45, 7) is 0. The van der Waals surface area contributed by atoms with E-state index in [4.69, 9.17) is 11.6 Å². The summed E-state index contributed by atoms with van der Waals surface area (Å²) >= 11 is 7.42. The monoisotopic (exact) mass is 303 g/mol. The lowest BCUT2D eigenvalue weighted by atomic mass is 10.3. The second-order valence-corrected chi connectivity index (χ2v) is 5.30. The Hall–Kier alpha value is -2.32. The Bertz CT molecular complexity index is 879.